The number of benzene rings is 3. The molecule has 3 aromatic rings. The Morgan fingerprint density at radius 1 is 0.968 bits per heavy atom. The van der Waals surface area contributed by atoms with Gasteiger partial charge >= 0.3 is 0 Å². The summed E-state index contributed by atoms with van der Waals surface area (Å²) >= 11 is 0. The zero-order chi connectivity index (χ0) is 21.2. The van der Waals surface area contributed by atoms with Gasteiger partial charge in [-0.25, -0.2) is 5.01 Å². The van der Waals surface area contributed by atoms with Crippen molar-refractivity contribution in [3.05, 3.63) is 89.5 Å². The maximum atomic E-state index is 6.43. The molecule has 0 unspecified atom stereocenters. The molecule has 2 atom stereocenters. The summed E-state index contributed by atoms with van der Waals surface area (Å²) in [5.41, 5.74) is 4.40. The van der Waals surface area contributed by atoms with Gasteiger partial charge in [0.1, 0.15) is 17.2 Å². The summed E-state index contributed by atoms with van der Waals surface area (Å²) in [4.78, 5) is 0. The maximum absolute atomic E-state index is 6.43. The first-order valence-corrected chi connectivity index (χ1v) is 10.8. The lowest BCUT2D eigenvalue weighted by Crippen LogP contribution is -2.33. The molecule has 2 aliphatic rings. The van der Waals surface area contributed by atoms with E-state index in [4.69, 9.17) is 19.3 Å². The normalized spacial score (nSPS) is 19.2. The van der Waals surface area contributed by atoms with Crippen LogP contribution in [0.25, 0.3) is 0 Å². The molecule has 0 saturated heterocycles. The second kappa shape index (κ2) is 8.34. The van der Waals surface area contributed by atoms with Crippen LogP contribution in [-0.2, 0) is 0 Å². The number of hydrazone groups is 1. The largest absolute Gasteiger partial charge is 0.497 e. The van der Waals surface area contributed by atoms with Gasteiger partial charge in [0.2, 0.25) is 6.23 Å². The average molecular weight is 415 g/mol. The lowest BCUT2D eigenvalue weighted by Gasteiger charge is -2.38. The molecule has 0 fully saturated rings. The van der Waals surface area contributed by atoms with Crippen LogP contribution in [0.15, 0.2) is 77.9 Å². The number of rotatable bonds is 6. The van der Waals surface area contributed by atoms with Crippen molar-refractivity contribution in [2.45, 2.75) is 32.0 Å². The number of nitrogens with zero attached hydrogens (tertiary/aromatic N) is 2. The standard InChI is InChI=1S/C26H26N2O3/c1-3-16-30-21-14-10-19(11-15-21)26-28-24(22-6-4-5-7-25(22)31-26)17-23(27-28)18-8-12-20(29-2)13-9-18/h4-15,24,26H,3,16-17H2,1-2H3/t24-,26+/m1/s1. The maximum Gasteiger partial charge on any atom is 0.213 e. The number of para-hydroxylation sites is 1. The van der Waals surface area contributed by atoms with Crippen LogP contribution >= 0.6 is 0 Å². The smallest absolute Gasteiger partial charge is 0.213 e. The molecule has 5 heteroatoms. The van der Waals surface area contributed by atoms with E-state index in [9.17, 15) is 0 Å². The van der Waals surface area contributed by atoms with E-state index in [-0.39, 0.29) is 12.3 Å². The van der Waals surface area contributed by atoms with E-state index in [1.165, 1.54) is 5.56 Å². The van der Waals surface area contributed by atoms with E-state index >= 15 is 0 Å². The van der Waals surface area contributed by atoms with Gasteiger partial charge in [0.05, 0.1) is 25.5 Å². The van der Waals surface area contributed by atoms with Crippen molar-refractivity contribution in [1.82, 2.24) is 5.01 Å². The minimum atomic E-state index is -0.282. The quantitative estimate of drug-likeness (QED) is 0.517. The van der Waals surface area contributed by atoms with Crippen molar-refractivity contribution in [2.75, 3.05) is 13.7 Å². The highest BCUT2D eigenvalue weighted by molar-refractivity contribution is 6.02. The third-order valence-electron chi connectivity index (χ3n) is 5.76. The highest BCUT2D eigenvalue weighted by Gasteiger charge is 2.40. The van der Waals surface area contributed by atoms with Crippen LogP contribution in [0.3, 0.4) is 0 Å². The molecular weight excluding hydrogens is 388 g/mol. The summed E-state index contributed by atoms with van der Waals surface area (Å²) in [5, 5.41) is 7.12. The third kappa shape index (κ3) is 3.72. The van der Waals surface area contributed by atoms with Crippen LogP contribution in [0.4, 0.5) is 0 Å². The first-order valence-electron chi connectivity index (χ1n) is 10.8. The number of hydrogen-bond acceptors (Lipinski definition) is 5. The van der Waals surface area contributed by atoms with Crippen LogP contribution in [0.1, 0.15) is 48.7 Å². The minimum Gasteiger partial charge on any atom is -0.497 e. The molecule has 3 aromatic carbocycles. The fourth-order valence-corrected chi connectivity index (χ4v) is 4.16. The number of methoxy groups -OCH3 is 1. The van der Waals surface area contributed by atoms with Crippen LogP contribution in [-0.4, -0.2) is 24.4 Å². The van der Waals surface area contributed by atoms with Crippen LogP contribution in [0, 0.1) is 0 Å². The van der Waals surface area contributed by atoms with E-state index in [1.54, 1.807) is 7.11 Å². The Labute approximate surface area is 182 Å². The van der Waals surface area contributed by atoms with Crippen molar-refractivity contribution in [2.24, 2.45) is 5.10 Å². The topological polar surface area (TPSA) is 43.3 Å². The summed E-state index contributed by atoms with van der Waals surface area (Å²) in [5.74, 6) is 2.64. The molecule has 158 valence electrons. The lowest BCUT2D eigenvalue weighted by molar-refractivity contribution is -0.0190. The third-order valence-corrected chi connectivity index (χ3v) is 5.76. The molecule has 0 bridgehead atoms. The van der Waals surface area contributed by atoms with Gasteiger partial charge in [-0.05, 0) is 66.6 Å². The van der Waals surface area contributed by atoms with Crippen LogP contribution < -0.4 is 14.2 Å². The van der Waals surface area contributed by atoms with Gasteiger partial charge in [-0.2, -0.15) is 5.10 Å². The van der Waals surface area contributed by atoms with Crippen LogP contribution in [0.5, 0.6) is 17.2 Å². The van der Waals surface area contributed by atoms with Gasteiger partial charge < -0.3 is 14.2 Å². The van der Waals surface area contributed by atoms with E-state index < -0.39 is 0 Å². The molecule has 0 amide bonds. The molecule has 2 aliphatic heterocycles. The molecular formula is C26H26N2O3. The summed E-state index contributed by atoms with van der Waals surface area (Å²) in [7, 11) is 1.68. The number of hydrogen-bond donors (Lipinski definition) is 0. The Balaban J connectivity index is 1.48. The predicted octanol–water partition coefficient (Wildman–Crippen LogP) is 5.73. The number of ether oxygens (including phenoxy) is 3. The lowest BCUT2D eigenvalue weighted by atomic mass is 9.96. The molecule has 31 heavy (non-hydrogen) atoms. The van der Waals surface area contributed by atoms with E-state index in [0.717, 1.165) is 53.5 Å². The Kier molecular flexibility index (Phi) is 5.24. The van der Waals surface area contributed by atoms with E-state index in [2.05, 4.69) is 48.3 Å². The van der Waals surface area contributed by atoms with Gasteiger partial charge in [-0.3, -0.25) is 0 Å². The summed E-state index contributed by atoms with van der Waals surface area (Å²) < 4.78 is 17.5. The molecule has 0 spiro atoms. The summed E-state index contributed by atoms with van der Waals surface area (Å²) in [6.07, 6.45) is 1.54. The van der Waals surface area contributed by atoms with Gasteiger partial charge in [0.25, 0.3) is 0 Å². The zero-order valence-corrected chi connectivity index (χ0v) is 17.8. The van der Waals surface area contributed by atoms with Gasteiger partial charge in [-0.15, -0.1) is 0 Å². The SMILES string of the molecule is CCCOc1ccc([C@@H]2Oc3ccccc3[C@H]3CC(c4ccc(OC)cc4)=NN32)cc1. The molecule has 2 heterocycles. The highest BCUT2D eigenvalue weighted by atomic mass is 16.5. The fourth-order valence-electron chi connectivity index (χ4n) is 4.16. The molecule has 0 radical (unpaired) electrons. The predicted molar refractivity (Wildman–Crippen MR) is 121 cm³/mol. The number of fused-ring (bicyclic) bond motifs is 3. The first kappa shape index (κ1) is 19.5. The van der Waals surface area contributed by atoms with Crippen molar-refractivity contribution < 1.29 is 14.2 Å². The Morgan fingerprint density at radius 2 is 1.71 bits per heavy atom. The summed E-state index contributed by atoms with van der Waals surface area (Å²) in [6, 6.07) is 24.7. The van der Waals surface area contributed by atoms with Crippen molar-refractivity contribution in [3.8, 4) is 17.2 Å². The monoisotopic (exact) mass is 414 g/mol. The molecule has 0 N–H and O–H groups in total. The second-order valence-corrected chi connectivity index (χ2v) is 7.80. The Bertz CT molecular complexity index is 1080. The summed E-state index contributed by atoms with van der Waals surface area (Å²) in [6.45, 7) is 2.82. The average Bonchev–Trinajstić information content (AvgIpc) is 3.28. The molecule has 5 nitrogen and oxygen atoms in total. The van der Waals surface area contributed by atoms with Crippen molar-refractivity contribution in [1.29, 1.82) is 0 Å². The van der Waals surface area contributed by atoms with Gasteiger partial charge in [0, 0.05) is 17.5 Å². The van der Waals surface area contributed by atoms with E-state index in [0.29, 0.717) is 0 Å². The van der Waals surface area contributed by atoms with E-state index in [1.807, 2.05) is 36.4 Å². The van der Waals surface area contributed by atoms with Crippen molar-refractivity contribution in [3.63, 3.8) is 0 Å². The van der Waals surface area contributed by atoms with Crippen molar-refractivity contribution >= 4 is 5.71 Å². The molecule has 0 aliphatic carbocycles. The minimum absolute atomic E-state index is 0.142. The molecule has 0 aromatic heterocycles. The zero-order valence-electron chi connectivity index (χ0n) is 17.8. The van der Waals surface area contributed by atoms with Crippen LogP contribution in [0.2, 0.25) is 0 Å². The molecule has 5 rings (SSSR count). The van der Waals surface area contributed by atoms with Gasteiger partial charge in [0.15, 0.2) is 0 Å². The molecule has 0 saturated carbocycles. The first-order chi connectivity index (χ1) is 15.3. The Morgan fingerprint density at radius 3 is 2.45 bits per heavy atom. The highest BCUT2D eigenvalue weighted by Crippen LogP contribution is 2.47. The fraction of sp³-hybridized carbons (Fsp3) is 0.269. The second-order valence-electron chi connectivity index (χ2n) is 7.80. The Hall–Kier alpha value is -3.47. The van der Waals surface area contributed by atoms with Gasteiger partial charge in [-0.1, -0.05) is 25.1 Å².